The molecular weight excluding hydrogens is 577 g/mol. The number of piperazine rings is 1. The maximum absolute atomic E-state index is 14.9. The van der Waals surface area contributed by atoms with Gasteiger partial charge in [-0.1, -0.05) is 0 Å². The summed E-state index contributed by atoms with van der Waals surface area (Å²) in [4.78, 5) is 21.1. The molecule has 1 amide bonds. The summed E-state index contributed by atoms with van der Waals surface area (Å²) in [6.07, 6.45) is -3.74. The monoisotopic (exact) mass is 605 g/mol. The second-order valence-corrected chi connectivity index (χ2v) is 9.96. The Bertz CT molecular complexity index is 1650. The van der Waals surface area contributed by atoms with Gasteiger partial charge in [0.05, 0.1) is 38.8 Å². The first kappa shape index (κ1) is 30.2. The van der Waals surface area contributed by atoms with E-state index in [1.807, 2.05) is 0 Å². The van der Waals surface area contributed by atoms with Crippen LogP contribution >= 0.6 is 0 Å². The number of benzene rings is 2. The molecule has 2 aromatic heterocycles. The number of methoxy groups -OCH3 is 2. The first-order valence-corrected chi connectivity index (χ1v) is 13.3. The quantitative estimate of drug-likeness (QED) is 0.310. The first-order valence-electron chi connectivity index (χ1n) is 13.3. The van der Waals surface area contributed by atoms with Gasteiger partial charge in [0.2, 0.25) is 0 Å². The van der Waals surface area contributed by atoms with Gasteiger partial charge in [0, 0.05) is 42.9 Å². The number of rotatable bonds is 7. The molecule has 228 valence electrons. The van der Waals surface area contributed by atoms with Crippen molar-refractivity contribution in [3.8, 4) is 22.8 Å². The highest BCUT2D eigenvalue weighted by Gasteiger charge is 2.39. The van der Waals surface area contributed by atoms with Gasteiger partial charge in [-0.3, -0.25) is 9.69 Å². The number of halogens is 5. The average Bonchev–Trinajstić information content (AvgIpc) is 3.41. The summed E-state index contributed by atoms with van der Waals surface area (Å²) in [5.74, 6) is -2.04. The summed E-state index contributed by atoms with van der Waals surface area (Å²) in [5, 5.41) is 13.9. The summed E-state index contributed by atoms with van der Waals surface area (Å²) in [6.45, 7) is 1.10. The van der Waals surface area contributed by atoms with E-state index in [0.29, 0.717) is 15.8 Å². The molecule has 43 heavy (non-hydrogen) atoms. The number of carbonyl (C=O) groups is 1. The fourth-order valence-corrected chi connectivity index (χ4v) is 5.40. The number of hydrogen-bond donors (Lipinski definition) is 1. The van der Waals surface area contributed by atoms with E-state index in [4.69, 9.17) is 9.47 Å². The Morgan fingerprint density at radius 3 is 2.28 bits per heavy atom. The van der Waals surface area contributed by atoms with Crippen molar-refractivity contribution in [2.45, 2.75) is 19.1 Å². The van der Waals surface area contributed by atoms with E-state index in [9.17, 15) is 31.9 Å². The van der Waals surface area contributed by atoms with E-state index in [1.165, 1.54) is 26.0 Å². The number of fused-ring (bicyclic) bond motifs is 1. The van der Waals surface area contributed by atoms with E-state index in [1.54, 1.807) is 29.2 Å². The number of hydrogen-bond acceptors (Lipinski definition) is 7. The number of aliphatic hydroxyl groups is 1. The largest absolute Gasteiger partial charge is 0.497 e. The van der Waals surface area contributed by atoms with Gasteiger partial charge in [-0.05, 0) is 43.3 Å². The lowest BCUT2D eigenvalue weighted by molar-refractivity contribution is -0.143. The van der Waals surface area contributed by atoms with Crippen LogP contribution in [0.5, 0.6) is 11.5 Å². The third kappa shape index (κ3) is 5.47. The van der Waals surface area contributed by atoms with Crippen molar-refractivity contribution in [2.75, 3.05) is 47.0 Å². The highest BCUT2D eigenvalue weighted by Crippen LogP contribution is 2.37. The van der Waals surface area contributed by atoms with Crippen LogP contribution in [0.25, 0.3) is 16.9 Å². The van der Waals surface area contributed by atoms with Gasteiger partial charge >= 0.3 is 6.18 Å². The molecule has 3 heterocycles. The van der Waals surface area contributed by atoms with Crippen molar-refractivity contribution in [1.82, 2.24) is 24.4 Å². The van der Waals surface area contributed by atoms with E-state index in [2.05, 4.69) is 10.1 Å². The first-order chi connectivity index (χ1) is 20.5. The Hall–Kier alpha value is -4.30. The van der Waals surface area contributed by atoms with Crippen molar-refractivity contribution in [1.29, 1.82) is 0 Å². The highest BCUT2D eigenvalue weighted by atomic mass is 19.4. The SMILES string of the molecule is COc1ccc(-c2nc3c(C(=O)N4CCN([C@H](CO)c5c(F)ccc(OC)c5F)CC4)cnn3c(C(F)(F)F)c2C)cc1. The van der Waals surface area contributed by atoms with Crippen LogP contribution in [0.3, 0.4) is 0 Å². The summed E-state index contributed by atoms with van der Waals surface area (Å²) >= 11 is 0. The highest BCUT2D eigenvalue weighted by molar-refractivity contribution is 6.00. The van der Waals surface area contributed by atoms with Crippen LogP contribution < -0.4 is 9.47 Å². The number of aromatic nitrogens is 3. The molecule has 2 aromatic carbocycles. The number of alkyl halides is 3. The standard InChI is InChI=1S/C29H28F5N5O4/c1-16-25(17-4-6-18(42-2)7-5-17)36-27-19(14-35-39(27)26(16)29(32,33)34)28(41)38-12-10-37(11-13-38)21(15-40)23-20(30)8-9-22(43-3)24(23)31/h4-9,14,21,40H,10-13,15H2,1-3H3/t21-/m1/s1. The molecule has 14 heteroatoms. The molecule has 5 rings (SSSR count). The molecule has 0 unspecified atom stereocenters. The van der Waals surface area contributed by atoms with Crippen LogP contribution in [0, 0.1) is 18.6 Å². The van der Waals surface area contributed by atoms with Crippen LogP contribution in [0.15, 0.2) is 42.6 Å². The van der Waals surface area contributed by atoms with Crippen molar-refractivity contribution in [3.05, 3.63) is 76.6 Å². The maximum atomic E-state index is 14.9. The average molecular weight is 606 g/mol. The zero-order valence-corrected chi connectivity index (χ0v) is 23.5. The normalized spacial score (nSPS) is 15.1. The van der Waals surface area contributed by atoms with Crippen LogP contribution in [0.4, 0.5) is 22.0 Å². The minimum Gasteiger partial charge on any atom is -0.497 e. The molecule has 1 aliphatic heterocycles. The number of aliphatic hydroxyl groups excluding tert-OH is 1. The molecule has 0 aliphatic carbocycles. The van der Waals surface area contributed by atoms with Gasteiger partial charge in [0.1, 0.15) is 17.1 Å². The van der Waals surface area contributed by atoms with Gasteiger partial charge in [-0.25, -0.2) is 18.3 Å². The number of nitrogens with zero attached hydrogens (tertiary/aromatic N) is 5. The van der Waals surface area contributed by atoms with Gasteiger partial charge in [-0.2, -0.15) is 18.3 Å². The second kappa shape index (κ2) is 11.8. The topological polar surface area (TPSA) is 92.4 Å². The third-order valence-corrected chi connectivity index (χ3v) is 7.61. The summed E-state index contributed by atoms with van der Waals surface area (Å²) in [6, 6.07) is 7.50. The molecule has 0 radical (unpaired) electrons. The summed E-state index contributed by atoms with van der Waals surface area (Å²) < 4.78 is 83.1. The predicted molar refractivity (Wildman–Crippen MR) is 145 cm³/mol. The molecule has 1 saturated heterocycles. The fraction of sp³-hybridized carbons (Fsp3) is 0.345. The Morgan fingerprint density at radius 1 is 1.02 bits per heavy atom. The zero-order chi connectivity index (χ0) is 31.1. The lowest BCUT2D eigenvalue weighted by Gasteiger charge is -2.39. The van der Waals surface area contributed by atoms with Crippen molar-refractivity contribution >= 4 is 11.6 Å². The Kier molecular flexibility index (Phi) is 8.25. The van der Waals surface area contributed by atoms with E-state index < -0.39 is 42.1 Å². The van der Waals surface area contributed by atoms with Crippen LogP contribution in [0.1, 0.15) is 33.2 Å². The minimum atomic E-state index is -4.80. The molecule has 9 nitrogen and oxygen atoms in total. The van der Waals surface area contributed by atoms with Crippen LogP contribution in [-0.4, -0.2) is 82.4 Å². The van der Waals surface area contributed by atoms with Gasteiger partial charge in [0.25, 0.3) is 5.91 Å². The van der Waals surface area contributed by atoms with E-state index in [0.717, 1.165) is 18.3 Å². The molecule has 0 saturated carbocycles. The Morgan fingerprint density at radius 2 is 1.70 bits per heavy atom. The lowest BCUT2D eigenvalue weighted by atomic mass is 10.0. The van der Waals surface area contributed by atoms with E-state index in [-0.39, 0.29) is 60.0 Å². The van der Waals surface area contributed by atoms with Crippen LogP contribution in [-0.2, 0) is 6.18 Å². The number of amides is 1. The van der Waals surface area contributed by atoms with E-state index >= 15 is 0 Å². The minimum absolute atomic E-state index is 0.0370. The number of ether oxygens (including phenoxy) is 2. The molecule has 0 spiro atoms. The molecule has 4 aromatic rings. The molecule has 1 fully saturated rings. The molecule has 0 bridgehead atoms. The summed E-state index contributed by atoms with van der Waals surface area (Å²) in [5.41, 5.74) is -1.52. The zero-order valence-electron chi connectivity index (χ0n) is 23.5. The van der Waals surface area contributed by atoms with Crippen molar-refractivity contribution < 1.29 is 41.3 Å². The molecular formula is C29H28F5N5O4. The lowest BCUT2D eigenvalue weighted by Crippen LogP contribution is -2.50. The molecule has 1 aliphatic rings. The Labute approximate surface area is 243 Å². The second-order valence-electron chi connectivity index (χ2n) is 9.96. The van der Waals surface area contributed by atoms with Crippen molar-refractivity contribution in [2.24, 2.45) is 0 Å². The van der Waals surface area contributed by atoms with Crippen molar-refractivity contribution in [3.63, 3.8) is 0 Å². The predicted octanol–water partition coefficient (Wildman–Crippen LogP) is 4.51. The van der Waals surface area contributed by atoms with Gasteiger partial charge < -0.3 is 19.5 Å². The fourth-order valence-electron chi connectivity index (χ4n) is 5.40. The molecule has 1 N–H and O–H groups in total. The van der Waals surface area contributed by atoms with Gasteiger partial charge in [-0.15, -0.1) is 0 Å². The molecule has 1 atom stereocenters. The maximum Gasteiger partial charge on any atom is 0.433 e. The van der Waals surface area contributed by atoms with Crippen LogP contribution in [0.2, 0.25) is 0 Å². The van der Waals surface area contributed by atoms with Gasteiger partial charge in [0.15, 0.2) is 22.9 Å². The number of carbonyl (C=O) groups excluding carboxylic acids is 1. The smallest absolute Gasteiger partial charge is 0.433 e. The summed E-state index contributed by atoms with van der Waals surface area (Å²) in [7, 11) is 2.71. The third-order valence-electron chi connectivity index (χ3n) is 7.61. The Balaban J connectivity index is 1.45.